The van der Waals surface area contributed by atoms with Crippen LogP contribution in [0.5, 0.6) is 0 Å². The van der Waals surface area contributed by atoms with Crippen molar-refractivity contribution in [2.24, 2.45) is 0 Å². The zero-order valence-corrected chi connectivity index (χ0v) is 12.1. The highest BCUT2D eigenvalue weighted by Crippen LogP contribution is 2.15. The number of anilines is 2. The summed E-state index contributed by atoms with van der Waals surface area (Å²) < 4.78 is 0.987. The van der Waals surface area contributed by atoms with Crippen molar-refractivity contribution in [3.05, 3.63) is 59.1 Å². The van der Waals surface area contributed by atoms with Crippen molar-refractivity contribution in [2.45, 2.75) is 13.0 Å². The molecule has 0 aliphatic carbocycles. The largest absolute Gasteiger partial charge is 0.374 e. The van der Waals surface area contributed by atoms with Crippen LogP contribution in [0.4, 0.5) is 11.4 Å². The molecule has 0 fully saturated rings. The van der Waals surface area contributed by atoms with Crippen molar-refractivity contribution < 1.29 is 4.79 Å². The zero-order valence-electron chi connectivity index (χ0n) is 10.6. The second kappa shape index (κ2) is 6.38. The average molecular weight is 319 g/mol. The Morgan fingerprint density at radius 2 is 1.63 bits per heavy atom. The second-order valence-electron chi connectivity index (χ2n) is 4.23. The van der Waals surface area contributed by atoms with Crippen LogP contribution in [-0.4, -0.2) is 11.9 Å². The summed E-state index contributed by atoms with van der Waals surface area (Å²) in [4.78, 5) is 12.0. The maximum Gasteiger partial charge on any atom is 0.246 e. The lowest BCUT2D eigenvalue weighted by molar-refractivity contribution is -0.116. The zero-order chi connectivity index (χ0) is 13.7. The summed E-state index contributed by atoms with van der Waals surface area (Å²) in [5.74, 6) is -0.0637. The van der Waals surface area contributed by atoms with Crippen LogP contribution in [0, 0.1) is 0 Å². The second-order valence-corrected chi connectivity index (χ2v) is 5.14. The molecule has 2 aromatic rings. The van der Waals surface area contributed by atoms with Gasteiger partial charge in [-0.1, -0.05) is 34.1 Å². The Labute approximate surface area is 121 Å². The molecule has 0 aliphatic rings. The number of benzene rings is 2. The normalized spacial score (nSPS) is 11.7. The van der Waals surface area contributed by atoms with E-state index in [4.69, 9.17) is 0 Å². The number of nitrogens with one attached hydrogen (secondary N) is 2. The third-order valence-electron chi connectivity index (χ3n) is 2.66. The minimum Gasteiger partial charge on any atom is -0.374 e. The first-order chi connectivity index (χ1) is 9.15. The van der Waals surface area contributed by atoms with E-state index in [-0.39, 0.29) is 11.9 Å². The van der Waals surface area contributed by atoms with Gasteiger partial charge in [-0.25, -0.2) is 0 Å². The van der Waals surface area contributed by atoms with E-state index in [0.717, 1.165) is 15.8 Å². The minimum absolute atomic E-state index is 0.0637. The van der Waals surface area contributed by atoms with Gasteiger partial charge in [-0.15, -0.1) is 0 Å². The average Bonchev–Trinajstić information content (AvgIpc) is 2.42. The van der Waals surface area contributed by atoms with Gasteiger partial charge >= 0.3 is 0 Å². The Morgan fingerprint density at radius 3 is 2.26 bits per heavy atom. The van der Waals surface area contributed by atoms with Crippen molar-refractivity contribution in [2.75, 3.05) is 10.6 Å². The van der Waals surface area contributed by atoms with E-state index < -0.39 is 0 Å². The number of para-hydroxylation sites is 1. The first-order valence-electron chi connectivity index (χ1n) is 6.03. The van der Waals surface area contributed by atoms with Gasteiger partial charge < -0.3 is 10.6 Å². The van der Waals surface area contributed by atoms with Gasteiger partial charge in [0.05, 0.1) is 0 Å². The lowest BCUT2D eigenvalue weighted by Crippen LogP contribution is -2.31. The highest BCUT2D eigenvalue weighted by molar-refractivity contribution is 9.10. The summed E-state index contributed by atoms with van der Waals surface area (Å²) >= 11 is 3.36. The Kier molecular flexibility index (Phi) is 4.58. The van der Waals surface area contributed by atoms with E-state index in [1.165, 1.54) is 0 Å². The molecule has 0 aromatic heterocycles. The number of rotatable bonds is 4. The first kappa shape index (κ1) is 13.6. The van der Waals surface area contributed by atoms with E-state index in [1.54, 1.807) is 0 Å². The van der Waals surface area contributed by atoms with Crippen LogP contribution in [0.25, 0.3) is 0 Å². The summed E-state index contributed by atoms with van der Waals surface area (Å²) in [6.45, 7) is 1.83. The Morgan fingerprint density at radius 1 is 1.00 bits per heavy atom. The predicted octanol–water partition coefficient (Wildman–Crippen LogP) is 3.89. The molecule has 0 aliphatic heterocycles. The van der Waals surface area contributed by atoms with Crippen LogP contribution in [0.15, 0.2) is 59.1 Å². The summed E-state index contributed by atoms with van der Waals surface area (Å²) in [6, 6.07) is 16.9. The number of hydrogen-bond acceptors (Lipinski definition) is 2. The molecule has 0 bridgehead atoms. The fraction of sp³-hybridized carbons (Fsp3) is 0.133. The number of carbonyl (C=O) groups is 1. The van der Waals surface area contributed by atoms with Crippen molar-refractivity contribution in [1.82, 2.24) is 0 Å². The van der Waals surface area contributed by atoms with E-state index >= 15 is 0 Å². The Balaban J connectivity index is 1.94. The number of amides is 1. The summed E-state index contributed by atoms with van der Waals surface area (Å²) in [5.41, 5.74) is 1.72. The molecule has 1 atom stereocenters. The number of carbonyl (C=O) groups excluding carboxylic acids is 1. The topological polar surface area (TPSA) is 41.1 Å². The van der Waals surface area contributed by atoms with Gasteiger partial charge in [0.25, 0.3) is 0 Å². The SMILES string of the molecule is C[C@H](Nc1ccccc1)C(=O)Nc1ccc(Br)cc1. The standard InChI is InChI=1S/C15H15BrN2O/c1-11(17-13-5-3-2-4-6-13)15(19)18-14-9-7-12(16)8-10-14/h2-11,17H,1H3,(H,18,19)/t11-/m0/s1. The van der Waals surface area contributed by atoms with Gasteiger partial charge in [-0.2, -0.15) is 0 Å². The highest BCUT2D eigenvalue weighted by Gasteiger charge is 2.12. The van der Waals surface area contributed by atoms with Gasteiger partial charge in [0.1, 0.15) is 6.04 Å². The molecular formula is C15H15BrN2O. The summed E-state index contributed by atoms with van der Waals surface area (Å²) in [5, 5.41) is 6.02. The molecule has 1 amide bonds. The van der Waals surface area contributed by atoms with Gasteiger partial charge in [-0.3, -0.25) is 4.79 Å². The van der Waals surface area contributed by atoms with Crippen LogP contribution >= 0.6 is 15.9 Å². The third-order valence-corrected chi connectivity index (χ3v) is 3.19. The van der Waals surface area contributed by atoms with E-state index in [0.29, 0.717) is 0 Å². The predicted molar refractivity (Wildman–Crippen MR) is 82.3 cm³/mol. The molecular weight excluding hydrogens is 304 g/mol. The molecule has 2 aromatic carbocycles. The quantitative estimate of drug-likeness (QED) is 0.898. The fourth-order valence-electron chi connectivity index (χ4n) is 1.63. The van der Waals surface area contributed by atoms with Gasteiger partial charge in [0.2, 0.25) is 5.91 Å². The van der Waals surface area contributed by atoms with Crippen molar-refractivity contribution in [3.63, 3.8) is 0 Å². The van der Waals surface area contributed by atoms with E-state index in [1.807, 2.05) is 61.5 Å². The molecule has 2 rings (SSSR count). The van der Waals surface area contributed by atoms with E-state index in [9.17, 15) is 4.79 Å². The molecule has 98 valence electrons. The van der Waals surface area contributed by atoms with Crippen molar-refractivity contribution in [3.8, 4) is 0 Å². The minimum atomic E-state index is -0.300. The van der Waals surface area contributed by atoms with Gasteiger partial charge in [0, 0.05) is 15.8 Å². The van der Waals surface area contributed by atoms with Crippen molar-refractivity contribution >= 4 is 33.2 Å². The first-order valence-corrected chi connectivity index (χ1v) is 6.82. The Bertz CT molecular complexity index is 540. The summed E-state index contributed by atoms with van der Waals surface area (Å²) in [6.07, 6.45) is 0. The van der Waals surface area contributed by atoms with Crippen molar-refractivity contribution in [1.29, 1.82) is 0 Å². The lowest BCUT2D eigenvalue weighted by Gasteiger charge is -2.15. The number of halogens is 1. The van der Waals surface area contributed by atoms with Crippen LogP contribution in [0.3, 0.4) is 0 Å². The molecule has 0 heterocycles. The van der Waals surface area contributed by atoms with Crippen LogP contribution < -0.4 is 10.6 Å². The molecule has 0 radical (unpaired) electrons. The maximum atomic E-state index is 12.0. The fourth-order valence-corrected chi connectivity index (χ4v) is 1.90. The molecule has 19 heavy (non-hydrogen) atoms. The monoisotopic (exact) mass is 318 g/mol. The molecule has 0 saturated heterocycles. The molecule has 0 spiro atoms. The third kappa shape index (κ3) is 4.10. The molecule has 0 unspecified atom stereocenters. The molecule has 3 nitrogen and oxygen atoms in total. The molecule has 2 N–H and O–H groups in total. The Hall–Kier alpha value is -1.81. The lowest BCUT2D eigenvalue weighted by atomic mass is 10.2. The highest BCUT2D eigenvalue weighted by atomic mass is 79.9. The van der Waals surface area contributed by atoms with Crippen LogP contribution in [0.2, 0.25) is 0 Å². The van der Waals surface area contributed by atoms with Crippen LogP contribution in [-0.2, 0) is 4.79 Å². The van der Waals surface area contributed by atoms with Gasteiger partial charge in [-0.05, 0) is 43.3 Å². The molecule has 4 heteroatoms. The summed E-state index contributed by atoms with van der Waals surface area (Å²) in [7, 11) is 0. The smallest absolute Gasteiger partial charge is 0.246 e. The van der Waals surface area contributed by atoms with E-state index in [2.05, 4.69) is 26.6 Å². The van der Waals surface area contributed by atoms with Gasteiger partial charge in [0.15, 0.2) is 0 Å². The molecule has 0 saturated carbocycles. The number of hydrogen-bond donors (Lipinski definition) is 2. The van der Waals surface area contributed by atoms with Crippen LogP contribution in [0.1, 0.15) is 6.92 Å². The maximum absolute atomic E-state index is 12.0.